The van der Waals surface area contributed by atoms with Crippen LogP contribution in [-0.2, 0) is 23.2 Å². The molecule has 0 aliphatic carbocycles. The molecule has 0 aliphatic rings. The molecule has 0 unspecified atom stereocenters. The van der Waals surface area contributed by atoms with Gasteiger partial charge in [-0.05, 0) is 23.3 Å². The maximum atomic E-state index is 13.0. The smallest absolute Gasteiger partial charge is 0.241 e. The van der Waals surface area contributed by atoms with Crippen LogP contribution in [-0.4, -0.2) is 13.5 Å². The number of rotatable bonds is 5. The third-order valence-electron chi connectivity index (χ3n) is 2.82. The minimum absolute atomic E-state index is 0.0217. The number of aliphatic hydroxyl groups excluding tert-OH is 1. The van der Waals surface area contributed by atoms with Gasteiger partial charge in [-0.15, -0.1) is 0 Å². The minimum atomic E-state index is -4.00. The van der Waals surface area contributed by atoms with E-state index in [1.54, 1.807) is 24.3 Å². The second-order valence-electron chi connectivity index (χ2n) is 4.40. The van der Waals surface area contributed by atoms with Gasteiger partial charge in [0.25, 0.3) is 0 Å². The van der Waals surface area contributed by atoms with Crippen molar-refractivity contribution in [2.45, 2.75) is 18.0 Å². The van der Waals surface area contributed by atoms with Crippen LogP contribution < -0.4 is 4.72 Å². The van der Waals surface area contributed by atoms with Crippen molar-refractivity contribution in [3.05, 3.63) is 65.2 Å². The molecule has 2 rings (SSSR count). The molecule has 0 radical (unpaired) electrons. The highest BCUT2D eigenvalue weighted by Gasteiger charge is 2.16. The van der Waals surface area contributed by atoms with Gasteiger partial charge in [-0.1, -0.05) is 24.3 Å². The Bertz CT molecular complexity index is 710. The Hall–Kier alpha value is -1.83. The molecule has 2 aromatic rings. The molecule has 2 N–H and O–H groups in total. The van der Waals surface area contributed by atoms with E-state index < -0.39 is 26.6 Å². The van der Waals surface area contributed by atoms with Crippen molar-refractivity contribution in [1.29, 1.82) is 0 Å². The zero-order valence-corrected chi connectivity index (χ0v) is 11.7. The first kappa shape index (κ1) is 15.6. The first-order chi connectivity index (χ1) is 9.90. The van der Waals surface area contributed by atoms with E-state index in [2.05, 4.69) is 4.72 Å². The number of sulfonamides is 1. The number of hydrogen-bond donors (Lipinski definition) is 2. The van der Waals surface area contributed by atoms with Crippen LogP contribution in [0, 0.1) is 11.6 Å². The molecular formula is C14H13F2NO3S. The lowest BCUT2D eigenvalue weighted by Gasteiger charge is -2.08. The zero-order chi connectivity index (χ0) is 15.5. The Morgan fingerprint density at radius 3 is 2.00 bits per heavy atom. The normalized spacial score (nSPS) is 11.6. The minimum Gasteiger partial charge on any atom is -0.392 e. The largest absolute Gasteiger partial charge is 0.392 e. The zero-order valence-electron chi connectivity index (χ0n) is 10.9. The molecule has 2 aromatic carbocycles. The summed E-state index contributed by atoms with van der Waals surface area (Å²) < 4.78 is 52.3. The molecule has 0 bridgehead atoms. The highest BCUT2D eigenvalue weighted by molar-refractivity contribution is 7.89. The van der Waals surface area contributed by atoms with Crippen LogP contribution >= 0.6 is 0 Å². The van der Waals surface area contributed by atoms with E-state index >= 15 is 0 Å². The number of nitrogens with one attached hydrogen (secondary N) is 1. The van der Waals surface area contributed by atoms with Crippen LogP contribution in [0.5, 0.6) is 0 Å². The molecule has 0 heterocycles. The monoisotopic (exact) mass is 313 g/mol. The number of aliphatic hydroxyl groups is 1. The van der Waals surface area contributed by atoms with Crippen molar-refractivity contribution in [3.63, 3.8) is 0 Å². The van der Waals surface area contributed by atoms with Crippen molar-refractivity contribution in [3.8, 4) is 0 Å². The predicted molar refractivity (Wildman–Crippen MR) is 72.7 cm³/mol. The van der Waals surface area contributed by atoms with Crippen molar-refractivity contribution < 1.29 is 22.3 Å². The summed E-state index contributed by atoms with van der Waals surface area (Å²) in [6.45, 7) is -0.124. The lowest BCUT2D eigenvalue weighted by atomic mass is 10.1. The average Bonchev–Trinajstić information content (AvgIpc) is 2.45. The number of halogens is 2. The summed E-state index contributed by atoms with van der Waals surface area (Å²) in [5.41, 5.74) is 1.36. The molecule has 0 amide bonds. The molecular weight excluding hydrogens is 300 g/mol. The number of hydrogen-bond acceptors (Lipinski definition) is 3. The quantitative estimate of drug-likeness (QED) is 0.886. The molecule has 0 aliphatic heterocycles. The van der Waals surface area contributed by atoms with Gasteiger partial charge in [0.1, 0.15) is 11.6 Å². The van der Waals surface area contributed by atoms with Gasteiger partial charge in [0.15, 0.2) is 0 Å². The SMILES string of the molecule is O=S(=O)(NCc1ccc(CO)cc1)c1cc(F)cc(F)c1. The fourth-order valence-electron chi connectivity index (χ4n) is 1.71. The molecule has 7 heteroatoms. The Balaban J connectivity index is 2.13. The molecule has 112 valence electrons. The van der Waals surface area contributed by atoms with E-state index in [9.17, 15) is 17.2 Å². The fourth-order valence-corrected chi connectivity index (χ4v) is 2.77. The summed E-state index contributed by atoms with van der Waals surface area (Å²) >= 11 is 0. The van der Waals surface area contributed by atoms with Gasteiger partial charge in [-0.25, -0.2) is 21.9 Å². The Kier molecular flexibility index (Phi) is 4.66. The molecule has 0 aromatic heterocycles. The van der Waals surface area contributed by atoms with Gasteiger partial charge in [0.05, 0.1) is 11.5 Å². The predicted octanol–water partition coefficient (Wildman–Crippen LogP) is 1.94. The van der Waals surface area contributed by atoms with Crippen LogP contribution in [0.2, 0.25) is 0 Å². The van der Waals surface area contributed by atoms with Crippen molar-refractivity contribution >= 4 is 10.0 Å². The Morgan fingerprint density at radius 1 is 0.952 bits per heavy atom. The summed E-state index contributed by atoms with van der Waals surface area (Å²) in [6.07, 6.45) is 0. The van der Waals surface area contributed by atoms with Gasteiger partial charge in [0, 0.05) is 12.6 Å². The van der Waals surface area contributed by atoms with E-state index in [0.29, 0.717) is 17.2 Å². The molecule has 0 saturated heterocycles. The van der Waals surface area contributed by atoms with E-state index in [0.717, 1.165) is 12.1 Å². The molecule has 0 spiro atoms. The topological polar surface area (TPSA) is 66.4 Å². The number of benzene rings is 2. The lowest BCUT2D eigenvalue weighted by Crippen LogP contribution is -2.23. The molecule has 0 atom stereocenters. The first-order valence-electron chi connectivity index (χ1n) is 6.05. The van der Waals surface area contributed by atoms with Gasteiger partial charge < -0.3 is 5.11 Å². The van der Waals surface area contributed by atoms with Crippen LogP contribution in [0.3, 0.4) is 0 Å². The summed E-state index contributed by atoms with van der Waals surface area (Å²) in [5, 5.41) is 8.91. The van der Waals surface area contributed by atoms with E-state index in [4.69, 9.17) is 5.11 Å². The second-order valence-corrected chi connectivity index (χ2v) is 6.17. The Labute approximate surface area is 121 Å². The standard InChI is InChI=1S/C14H13F2NO3S/c15-12-5-13(16)7-14(6-12)21(19,20)17-8-10-1-3-11(9-18)4-2-10/h1-7,17-18H,8-9H2. The summed E-state index contributed by atoms with van der Waals surface area (Å²) in [7, 11) is -4.00. The van der Waals surface area contributed by atoms with Gasteiger partial charge >= 0.3 is 0 Å². The van der Waals surface area contributed by atoms with Gasteiger partial charge in [-0.2, -0.15) is 0 Å². The summed E-state index contributed by atoms with van der Waals surface area (Å²) in [6, 6.07) is 8.73. The highest BCUT2D eigenvalue weighted by atomic mass is 32.2. The van der Waals surface area contributed by atoms with Gasteiger partial charge in [0.2, 0.25) is 10.0 Å². The molecule has 4 nitrogen and oxygen atoms in total. The summed E-state index contributed by atoms with van der Waals surface area (Å²) in [5.74, 6) is -1.91. The van der Waals surface area contributed by atoms with E-state index in [1.807, 2.05) is 0 Å². The molecule has 0 saturated carbocycles. The van der Waals surface area contributed by atoms with Crippen LogP contribution in [0.15, 0.2) is 47.4 Å². The average molecular weight is 313 g/mol. The van der Waals surface area contributed by atoms with Crippen LogP contribution in [0.25, 0.3) is 0 Å². The van der Waals surface area contributed by atoms with Crippen LogP contribution in [0.4, 0.5) is 8.78 Å². The fraction of sp³-hybridized carbons (Fsp3) is 0.143. The van der Waals surface area contributed by atoms with Crippen molar-refractivity contribution in [2.75, 3.05) is 0 Å². The maximum absolute atomic E-state index is 13.0. The van der Waals surface area contributed by atoms with Crippen molar-refractivity contribution in [2.24, 2.45) is 0 Å². The van der Waals surface area contributed by atoms with Crippen LogP contribution in [0.1, 0.15) is 11.1 Å². The van der Waals surface area contributed by atoms with Crippen molar-refractivity contribution in [1.82, 2.24) is 4.72 Å². The Morgan fingerprint density at radius 2 is 1.48 bits per heavy atom. The van der Waals surface area contributed by atoms with E-state index in [1.165, 1.54) is 0 Å². The summed E-state index contributed by atoms with van der Waals surface area (Å²) in [4.78, 5) is -0.466. The second kappa shape index (κ2) is 6.30. The first-order valence-corrected chi connectivity index (χ1v) is 7.53. The highest BCUT2D eigenvalue weighted by Crippen LogP contribution is 2.14. The van der Waals surface area contributed by atoms with Gasteiger partial charge in [-0.3, -0.25) is 0 Å². The van der Waals surface area contributed by atoms with E-state index in [-0.39, 0.29) is 13.2 Å². The maximum Gasteiger partial charge on any atom is 0.241 e. The third kappa shape index (κ3) is 4.07. The third-order valence-corrected chi connectivity index (χ3v) is 4.20. The molecule has 0 fully saturated rings. The lowest BCUT2D eigenvalue weighted by molar-refractivity contribution is 0.282. The molecule has 21 heavy (non-hydrogen) atoms.